The van der Waals surface area contributed by atoms with E-state index in [1.165, 1.54) is 64.7 Å². The Bertz CT molecular complexity index is 410. The van der Waals surface area contributed by atoms with Crippen molar-refractivity contribution in [3.8, 4) is 0 Å². The minimum Gasteiger partial charge on any atom is -0.360 e. The van der Waals surface area contributed by atoms with Gasteiger partial charge in [-0.05, 0) is 52.2 Å². The lowest BCUT2D eigenvalue weighted by molar-refractivity contribution is 0.0898. The van der Waals surface area contributed by atoms with Crippen molar-refractivity contribution in [3.63, 3.8) is 0 Å². The first-order valence-electron chi connectivity index (χ1n) is 8.20. The van der Waals surface area contributed by atoms with Gasteiger partial charge in [0, 0.05) is 18.7 Å². The normalized spacial score (nSPS) is 26.6. The van der Waals surface area contributed by atoms with Crippen LogP contribution in [0.15, 0.2) is 10.6 Å². The third-order valence-electron chi connectivity index (χ3n) is 4.69. The molecule has 4 nitrogen and oxygen atoms in total. The fourth-order valence-electron chi connectivity index (χ4n) is 3.64. The first kappa shape index (κ1) is 14.1. The molecule has 0 aromatic carbocycles. The summed E-state index contributed by atoms with van der Waals surface area (Å²) in [4.78, 5) is 5.28. The molecule has 20 heavy (non-hydrogen) atoms. The van der Waals surface area contributed by atoms with Gasteiger partial charge >= 0.3 is 0 Å². The van der Waals surface area contributed by atoms with E-state index in [0.29, 0.717) is 0 Å². The average molecular weight is 277 g/mol. The molecule has 0 saturated carbocycles. The van der Waals surface area contributed by atoms with E-state index < -0.39 is 0 Å². The maximum atomic E-state index is 5.36. The van der Waals surface area contributed by atoms with E-state index in [1.807, 2.05) is 6.92 Å². The Morgan fingerprint density at radius 3 is 2.65 bits per heavy atom. The van der Waals surface area contributed by atoms with Crippen LogP contribution in [0.5, 0.6) is 0 Å². The Morgan fingerprint density at radius 2 is 1.95 bits per heavy atom. The molecule has 0 amide bonds. The lowest BCUT2D eigenvalue weighted by Crippen LogP contribution is -2.47. The second-order valence-electron chi connectivity index (χ2n) is 6.42. The quantitative estimate of drug-likeness (QED) is 0.850. The Morgan fingerprint density at radius 1 is 1.15 bits per heavy atom. The lowest BCUT2D eigenvalue weighted by Gasteiger charge is -2.38. The fourth-order valence-corrected chi connectivity index (χ4v) is 3.64. The molecule has 2 saturated heterocycles. The van der Waals surface area contributed by atoms with Crippen molar-refractivity contribution in [1.82, 2.24) is 15.0 Å². The van der Waals surface area contributed by atoms with Crippen LogP contribution in [-0.2, 0) is 6.54 Å². The number of likely N-dealkylation sites (tertiary alicyclic amines) is 2. The summed E-state index contributed by atoms with van der Waals surface area (Å²) in [5.41, 5.74) is 0.987. The van der Waals surface area contributed by atoms with Crippen molar-refractivity contribution in [2.24, 2.45) is 0 Å². The first-order valence-corrected chi connectivity index (χ1v) is 8.20. The highest BCUT2D eigenvalue weighted by atomic mass is 16.5. The monoisotopic (exact) mass is 277 g/mol. The third kappa shape index (κ3) is 3.61. The van der Waals surface area contributed by atoms with E-state index in [-0.39, 0.29) is 0 Å². The van der Waals surface area contributed by atoms with Crippen LogP contribution < -0.4 is 0 Å². The summed E-state index contributed by atoms with van der Waals surface area (Å²) >= 11 is 0. The summed E-state index contributed by atoms with van der Waals surface area (Å²) in [6, 6.07) is 2.82. The smallest absolute Gasteiger partial charge is 0.150 e. The average Bonchev–Trinajstić information content (AvgIpc) is 2.71. The largest absolute Gasteiger partial charge is 0.360 e. The van der Waals surface area contributed by atoms with Crippen LogP contribution >= 0.6 is 0 Å². The Labute approximate surface area is 122 Å². The molecule has 0 N–H and O–H groups in total. The minimum absolute atomic E-state index is 0.755. The molecule has 1 atom stereocenters. The Hall–Kier alpha value is -0.870. The summed E-state index contributed by atoms with van der Waals surface area (Å²) in [7, 11) is 0. The number of piperidine rings is 1. The van der Waals surface area contributed by atoms with Crippen LogP contribution in [0.1, 0.15) is 50.0 Å². The Kier molecular flexibility index (Phi) is 4.73. The zero-order valence-corrected chi connectivity index (χ0v) is 12.7. The maximum Gasteiger partial charge on any atom is 0.150 e. The van der Waals surface area contributed by atoms with Gasteiger partial charge in [-0.3, -0.25) is 9.80 Å². The minimum atomic E-state index is 0.755. The SMILES string of the molecule is Cc1cc(CN2CCCC(N3CCCCCC3)C2)on1. The molecule has 4 heteroatoms. The number of hydrogen-bond donors (Lipinski definition) is 0. The summed E-state index contributed by atoms with van der Waals surface area (Å²) in [5, 5.41) is 3.99. The van der Waals surface area contributed by atoms with Gasteiger partial charge in [-0.25, -0.2) is 0 Å². The van der Waals surface area contributed by atoms with Gasteiger partial charge in [-0.15, -0.1) is 0 Å². The van der Waals surface area contributed by atoms with E-state index in [2.05, 4.69) is 21.0 Å². The van der Waals surface area contributed by atoms with Gasteiger partial charge in [0.2, 0.25) is 0 Å². The highest BCUT2D eigenvalue weighted by Gasteiger charge is 2.26. The van der Waals surface area contributed by atoms with Gasteiger partial charge in [-0.2, -0.15) is 0 Å². The molecule has 112 valence electrons. The summed E-state index contributed by atoms with van der Waals surface area (Å²) in [6.07, 6.45) is 8.30. The van der Waals surface area contributed by atoms with Crippen molar-refractivity contribution in [2.45, 2.75) is 58.0 Å². The third-order valence-corrected chi connectivity index (χ3v) is 4.69. The predicted molar refractivity (Wildman–Crippen MR) is 79.6 cm³/mol. The van der Waals surface area contributed by atoms with E-state index in [0.717, 1.165) is 24.0 Å². The van der Waals surface area contributed by atoms with Gasteiger partial charge in [-0.1, -0.05) is 18.0 Å². The molecule has 0 spiro atoms. The molecule has 0 radical (unpaired) electrons. The van der Waals surface area contributed by atoms with Crippen LogP contribution in [0.3, 0.4) is 0 Å². The Balaban J connectivity index is 1.55. The molecule has 3 rings (SSSR count). The summed E-state index contributed by atoms with van der Waals surface area (Å²) in [6.45, 7) is 7.91. The number of hydrogen-bond acceptors (Lipinski definition) is 4. The van der Waals surface area contributed by atoms with E-state index in [4.69, 9.17) is 4.52 Å². The number of aryl methyl sites for hydroxylation is 1. The topological polar surface area (TPSA) is 32.5 Å². The van der Waals surface area contributed by atoms with Gasteiger partial charge in [0.1, 0.15) is 0 Å². The molecule has 1 aromatic rings. The van der Waals surface area contributed by atoms with E-state index in [1.54, 1.807) is 0 Å². The van der Waals surface area contributed by atoms with Gasteiger partial charge in [0.05, 0.1) is 12.2 Å². The zero-order valence-electron chi connectivity index (χ0n) is 12.7. The van der Waals surface area contributed by atoms with Crippen molar-refractivity contribution < 1.29 is 4.52 Å². The molecule has 1 unspecified atom stereocenters. The second kappa shape index (κ2) is 6.72. The van der Waals surface area contributed by atoms with E-state index in [9.17, 15) is 0 Å². The molecule has 2 aliphatic heterocycles. The molecule has 3 heterocycles. The highest BCUT2D eigenvalue weighted by molar-refractivity contribution is 5.03. The molecular weight excluding hydrogens is 250 g/mol. The molecular formula is C16H27N3O. The van der Waals surface area contributed by atoms with Crippen LogP contribution in [0.4, 0.5) is 0 Å². The standard InChI is InChI=1S/C16H27N3O/c1-14-11-16(20-17-14)13-18-8-6-7-15(12-18)19-9-4-2-3-5-10-19/h11,15H,2-10,12-13H2,1H3. The lowest BCUT2D eigenvalue weighted by atomic mass is 10.0. The van der Waals surface area contributed by atoms with Gasteiger partial charge in [0.25, 0.3) is 0 Å². The molecule has 0 aliphatic carbocycles. The van der Waals surface area contributed by atoms with Crippen LogP contribution in [0, 0.1) is 6.92 Å². The molecule has 0 bridgehead atoms. The van der Waals surface area contributed by atoms with E-state index >= 15 is 0 Å². The first-order chi connectivity index (χ1) is 9.81. The maximum absolute atomic E-state index is 5.36. The number of rotatable bonds is 3. The molecule has 2 fully saturated rings. The summed E-state index contributed by atoms with van der Waals surface area (Å²) < 4.78 is 5.36. The van der Waals surface area contributed by atoms with Crippen LogP contribution in [0.25, 0.3) is 0 Å². The van der Waals surface area contributed by atoms with Crippen LogP contribution in [-0.4, -0.2) is 47.2 Å². The van der Waals surface area contributed by atoms with Gasteiger partial charge < -0.3 is 4.52 Å². The van der Waals surface area contributed by atoms with Crippen molar-refractivity contribution in [2.75, 3.05) is 26.2 Å². The van der Waals surface area contributed by atoms with Crippen molar-refractivity contribution >= 4 is 0 Å². The summed E-state index contributed by atoms with van der Waals surface area (Å²) in [5.74, 6) is 1.01. The van der Waals surface area contributed by atoms with Crippen LogP contribution in [0.2, 0.25) is 0 Å². The van der Waals surface area contributed by atoms with Gasteiger partial charge in [0.15, 0.2) is 5.76 Å². The fraction of sp³-hybridized carbons (Fsp3) is 0.812. The highest BCUT2D eigenvalue weighted by Crippen LogP contribution is 2.21. The zero-order chi connectivity index (χ0) is 13.8. The molecule has 2 aliphatic rings. The van der Waals surface area contributed by atoms with Crippen molar-refractivity contribution in [3.05, 3.63) is 17.5 Å². The predicted octanol–water partition coefficient (Wildman–Crippen LogP) is 2.82. The molecule has 1 aromatic heterocycles. The van der Waals surface area contributed by atoms with Crippen molar-refractivity contribution in [1.29, 1.82) is 0 Å². The second-order valence-corrected chi connectivity index (χ2v) is 6.42. The number of aromatic nitrogens is 1. The number of nitrogens with zero attached hydrogens (tertiary/aromatic N) is 3.